The predicted octanol–water partition coefficient (Wildman–Crippen LogP) is 0.0626. The average molecular weight is 418 g/mol. The van der Waals surface area contributed by atoms with Crippen molar-refractivity contribution in [2.45, 2.75) is 90.4 Å². The third kappa shape index (κ3) is 3.66. The first kappa shape index (κ1) is 24.0. The molecule has 4 fully saturated rings. The van der Waals surface area contributed by atoms with E-state index in [1.165, 1.54) is 0 Å². The summed E-state index contributed by atoms with van der Waals surface area (Å²) in [5, 5.41) is 42.1. The molecular formula is C23H38NaO5+. The molecule has 4 rings (SSSR count). The summed E-state index contributed by atoms with van der Waals surface area (Å²) < 4.78 is 0. The van der Waals surface area contributed by atoms with Crippen molar-refractivity contribution in [3.05, 3.63) is 0 Å². The van der Waals surface area contributed by atoms with E-state index in [0.29, 0.717) is 12.3 Å². The van der Waals surface area contributed by atoms with E-state index in [2.05, 4.69) is 13.8 Å². The van der Waals surface area contributed by atoms with Crippen LogP contribution in [0.4, 0.5) is 0 Å². The summed E-state index contributed by atoms with van der Waals surface area (Å²) in [5.41, 5.74) is -0.232. The molecule has 0 radical (unpaired) electrons. The molecule has 0 aromatic heterocycles. The van der Waals surface area contributed by atoms with E-state index in [4.69, 9.17) is 0 Å². The molecule has 4 saturated carbocycles. The van der Waals surface area contributed by atoms with Gasteiger partial charge in [-0.3, -0.25) is 4.79 Å². The molecule has 11 atom stereocenters. The second kappa shape index (κ2) is 8.37. The van der Waals surface area contributed by atoms with Crippen molar-refractivity contribution in [1.82, 2.24) is 0 Å². The zero-order valence-electron chi connectivity index (χ0n) is 18.6. The number of hydrogen-bond donors (Lipinski definition) is 4. The van der Waals surface area contributed by atoms with Crippen LogP contribution in [0.1, 0.15) is 72.1 Å². The van der Waals surface area contributed by atoms with Gasteiger partial charge in [-0.05, 0) is 91.3 Å². The molecule has 0 aromatic carbocycles. The molecule has 4 N–H and O–H groups in total. The molecule has 0 amide bonds. The molecule has 0 spiro atoms. The number of carboxylic acid groups (broad SMARTS) is 1. The Balaban J connectivity index is 0.00000240. The van der Waals surface area contributed by atoms with E-state index < -0.39 is 12.1 Å². The van der Waals surface area contributed by atoms with Crippen molar-refractivity contribution in [3.8, 4) is 0 Å². The Morgan fingerprint density at radius 1 is 1.03 bits per heavy atom. The van der Waals surface area contributed by atoms with Crippen molar-refractivity contribution >= 4 is 5.97 Å². The number of aliphatic hydroxyl groups is 3. The summed E-state index contributed by atoms with van der Waals surface area (Å²) >= 11 is 0. The van der Waals surface area contributed by atoms with E-state index >= 15 is 0 Å². The fraction of sp³-hybridized carbons (Fsp3) is 0.957. The van der Waals surface area contributed by atoms with E-state index in [0.717, 1.165) is 38.5 Å². The Kier molecular flexibility index (Phi) is 6.92. The van der Waals surface area contributed by atoms with Crippen LogP contribution in [0.25, 0.3) is 0 Å². The first-order valence-electron chi connectivity index (χ1n) is 11.3. The number of hydrogen-bond acceptors (Lipinski definition) is 4. The van der Waals surface area contributed by atoms with Crippen molar-refractivity contribution in [2.24, 2.45) is 46.3 Å². The van der Waals surface area contributed by atoms with E-state index in [1.807, 2.05) is 6.92 Å². The van der Waals surface area contributed by atoms with Crippen LogP contribution in [0.3, 0.4) is 0 Å². The van der Waals surface area contributed by atoms with Crippen LogP contribution in [-0.4, -0.2) is 44.7 Å². The topological polar surface area (TPSA) is 98.0 Å². The standard InChI is InChI=1S/C23H38O5.Na/c1-12(8-20(27)28)15-4-5-16-21-17(11-19(26)23(15,16)3)22(2)7-6-14(24)9-13(22)10-18(21)25;/h12-19,21,24-26H,4-11H2,1-3H3,(H,27,28);/q;+1/t12-,13+,14-,15-,16+,17+,18-,19+,21+,22+,23-;/m1./s1. The van der Waals surface area contributed by atoms with E-state index in [1.54, 1.807) is 0 Å². The number of fused-ring (bicyclic) bond motifs is 5. The van der Waals surface area contributed by atoms with Gasteiger partial charge in [0.15, 0.2) is 0 Å². The molecule has 5 nitrogen and oxygen atoms in total. The van der Waals surface area contributed by atoms with Gasteiger partial charge in [-0.2, -0.15) is 0 Å². The maximum Gasteiger partial charge on any atom is 1.00 e. The third-order valence-electron chi connectivity index (χ3n) is 10.0. The minimum atomic E-state index is -0.767. The van der Waals surface area contributed by atoms with Crippen LogP contribution < -0.4 is 29.6 Å². The van der Waals surface area contributed by atoms with E-state index in [9.17, 15) is 25.2 Å². The largest absolute Gasteiger partial charge is 1.00 e. The first-order chi connectivity index (χ1) is 13.1. The second-order valence-corrected chi connectivity index (χ2v) is 11.1. The quantitative estimate of drug-likeness (QED) is 0.487. The molecule has 0 bridgehead atoms. The molecule has 0 aliphatic heterocycles. The molecule has 0 saturated heterocycles. The Bertz CT molecular complexity index is 628. The molecule has 6 heteroatoms. The van der Waals surface area contributed by atoms with Gasteiger partial charge in [0.05, 0.1) is 18.3 Å². The van der Waals surface area contributed by atoms with Crippen LogP contribution in [0, 0.1) is 46.3 Å². The van der Waals surface area contributed by atoms with Crippen LogP contribution in [0.2, 0.25) is 0 Å². The molecule has 0 unspecified atom stereocenters. The Morgan fingerprint density at radius 3 is 2.38 bits per heavy atom. The monoisotopic (exact) mass is 417 g/mol. The van der Waals surface area contributed by atoms with Gasteiger partial charge in [-0.25, -0.2) is 0 Å². The van der Waals surface area contributed by atoms with Crippen LogP contribution in [0.5, 0.6) is 0 Å². The molecule has 0 aromatic rings. The zero-order chi connectivity index (χ0) is 20.4. The van der Waals surface area contributed by atoms with Gasteiger partial charge < -0.3 is 20.4 Å². The predicted molar refractivity (Wildman–Crippen MR) is 105 cm³/mol. The zero-order valence-corrected chi connectivity index (χ0v) is 20.6. The van der Waals surface area contributed by atoms with Gasteiger partial charge >= 0.3 is 35.5 Å². The summed E-state index contributed by atoms with van der Waals surface area (Å²) in [6, 6.07) is 0. The van der Waals surface area contributed by atoms with Crippen LogP contribution in [-0.2, 0) is 4.79 Å². The second-order valence-electron chi connectivity index (χ2n) is 11.1. The number of aliphatic carboxylic acids is 1. The SMILES string of the molecule is C[C@H](CC(=O)O)[C@H]1CC[C@H]2[C@@H]3[C@H](O)C[C@@H]4C[C@H](O)CC[C@]4(C)[C@H]3C[C@H](O)[C@]12C.[Na+]. The molecule has 4 aliphatic rings. The van der Waals surface area contributed by atoms with Crippen molar-refractivity contribution in [3.63, 3.8) is 0 Å². The average Bonchev–Trinajstić information content (AvgIpc) is 2.95. The summed E-state index contributed by atoms with van der Waals surface area (Å²) in [4.78, 5) is 11.3. The summed E-state index contributed by atoms with van der Waals surface area (Å²) in [6.07, 6.45) is 5.02. The van der Waals surface area contributed by atoms with Gasteiger partial charge in [-0.15, -0.1) is 0 Å². The van der Waals surface area contributed by atoms with Gasteiger partial charge in [0, 0.05) is 6.42 Å². The minimum Gasteiger partial charge on any atom is -0.481 e. The number of rotatable bonds is 3. The molecule has 4 aliphatic carbocycles. The van der Waals surface area contributed by atoms with Gasteiger partial charge in [0.25, 0.3) is 0 Å². The van der Waals surface area contributed by atoms with Crippen LogP contribution >= 0.6 is 0 Å². The Morgan fingerprint density at radius 2 is 1.72 bits per heavy atom. The van der Waals surface area contributed by atoms with E-state index in [-0.39, 0.29) is 88.6 Å². The maximum absolute atomic E-state index is 11.4. The number of carbonyl (C=O) groups is 1. The summed E-state index contributed by atoms with van der Waals surface area (Å²) in [7, 11) is 0. The molecule has 160 valence electrons. The van der Waals surface area contributed by atoms with Gasteiger partial charge in [-0.1, -0.05) is 20.8 Å². The van der Waals surface area contributed by atoms with Crippen molar-refractivity contribution < 1.29 is 54.8 Å². The van der Waals surface area contributed by atoms with Crippen molar-refractivity contribution in [2.75, 3.05) is 0 Å². The maximum atomic E-state index is 11.4. The Labute approximate surface area is 196 Å². The van der Waals surface area contributed by atoms with Crippen LogP contribution in [0.15, 0.2) is 0 Å². The molecular weight excluding hydrogens is 379 g/mol. The van der Waals surface area contributed by atoms with Crippen molar-refractivity contribution in [1.29, 1.82) is 0 Å². The number of aliphatic hydroxyl groups excluding tert-OH is 3. The molecule has 29 heavy (non-hydrogen) atoms. The minimum absolute atomic E-state index is 0. The first-order valence-corrected chi connectivity index (χ1v) is 11.3. The molecule has 0 heterocycles. The summed E-state index contributed by atoms with van der Waals surface area (Å²) in [6.45, 7) is 6.52. The Hall–Kier alpha value is 0.350. The normalized spacial score (nSPS) is 52.5. The fourth-order valence-corrected chi connectivity index (χ4v) is 8.55. The summed E-state index contributed by atoms with van der Waals surface area (Å²) in [5.74, 6) is 0.510. The van der Waals surface area contributed by atoms with Gasteiger partial charge in [0.1, 0.15) is 0 Å². The fourth-order valence-electron chi connectivity index (χ4n) is 8.55. The smallest absolute Gasteiger partial charge is 0.481 e. The third-order valence-corrected chi connectivity index (χ3v) is 10.0. The van der Waals surface area contributed by atoms with Gasteiger partial charge in [0.2, 0.25) is 0 Å². The number of carboxylic acids is 1.